The maximum atomic E-state index is 11.7. The van der Waals surface area contributed by atoms with E-state index in [-0.39, 0.29) is 11.1 Å². The van der Waals surface area contributed by atoms with Crippen LogP contribution < -0.4 is 10.1 Å². The predicted octanol–water partition coefficient (Wildman–Crippen LogP) is 3.92. The van der Waals surface area contributed by atoms with Crippen molar-refractivity contribution >= 4 is 60.8 Å². The van der Waals surface area contributed by atoms with E-state index in [1.54, 1.807) is 12.2 Å². The summed E-state index contributed by atoms with van der Waals surface area (Å²) in [5.74, 6) is 0.359. The van der Waals surface area contributed by atoms with E-state index in [9.17, 15) is 4.79 Å². The van der Waals surface area contributed by atoms with Crippen LogP contribution in [0.1, 0.15) is 5.56 Å². The monoisotopic (exact) mass is 416 g/mol. The number of ether oxygens (including phenoxy) is 1. The molecule has 0 bridgehead atoms. The van der Waals surface area contributed by atoms with Gasteiger partial charge in [0.25, 0.3) is 5.91 Å². The smallest absolute Gasteiger partial charge is 0.264 e. The van der Waals surface area contributed by atoms with Gasteiger partial charge < -0.3 is 10.1 Å². The minimum Gasteiger partial charge on any atom is -0.488 e. The second kappa shape index (κ2) is 6.60. The summed E-state index contributed by atoms with van der Waals surface area (Å²) in [5.41, 5.74) is 0.750. The number of rotatable bonds is 4. The minimum atomic E-state index is -0.272. The first-order valence-corrected chi connectivity index (χ1v) is 7.93. The fourth-order valence-electron chi connectivity index (χ4n) is 1.56. The average molecular weight is 418 g/mol. The summed E-state index contributed by atoms with van der Waals surface area (Å²) >= 11 is 7.93. The molecule has 0 unspecified atom stereocenters. The standard InChI is InChI=1S/C13H10Br2N2O2S/c1-2-3-19-11-7(4-8(14)6-9(11)15)5-10-12(18)17-13(16)20-10/h2,4-6H,1,3H2,(H2,16,17,18). The molecule has 0 saturated carbocycles. The Bertz CT molecular complexity index is 629. The number of benzene rings is 1. The van der Waals surface area contributed by atoms with E-state index in [0.29, 0.717) is 17.3 Å². The van der Waals surface area contributed by atoms with Crippen molar-refractivity contribution in [1.29, 1.82) is 5.41 Å². The van der Waals surface area contributed by atoms with Crippen LogP contribution in [-0.4, -0.2) is 17.7 Å². The largest absolute Gasteiger partial charge is 0.488 e. The first kappa shape index (κ1) is 15.3. The van der Waals surface area contributed by atoms with Crippen LogP contribution in [0.2, 0.25) is 0 Å². The summed E-state index contributed by atoms with van der Waals surface area (Å²) < 4.78 is 7.26. The predicted molar refractivity (Wildman–Crippen MR) is 89.0 cm³/mol. The lowest BCUT2D eigenvalue weighted by atomic mass is 10.2. The molecule has 1 aliphatic rings. The highest BCUT2D eigenvalue weighted by Crippen LogP contribution is 2.36. The number of thioether (sulfide) groups is 1. The first-order chi connectivity index (χ1) is 9.51. The van der Waals surface area contributed by atoms with Gasteiger partial charge in [0.05, 0.1) is 9.38 Å². The fourth-order valence-corrected chi connectivity index (χ4v) is 3.63. The summed E-state index contributed by atoms with van der Waals surface area (Å²) in [7, 11) is 0. The highest BCUT2D eigenvalue weighted by atomic mass is 79.9. The quantitative estimate of drug-likeness (QED) is 0.576. The van der Waals surface area contributed by atoms with Crippen molar-refractivity contribution in [3.05, 3.63) is 44.2 Å². The highest BCUT2D eigenvalue weighted by molar-refractivity contribution is 9.11. The molecule has 0 aromatic heterocycles. The van der Waals surface area contributed by atoms with E-state index in [1.807, 2.05) is 12.1 Å². The number of carbonyl (C=O) groups is 1. The van der Waals surface area contributed by atoms with Crippen molar-refractivity contribution in [2.45, 2.75) is 0 Å². The number of hydrogen-bond donors (Lipinski definition) is 2. The molecule has 104 valence electrons. The lowest BCUT2D eigenvalue weighted by Crippen LogP contribution is -2.18. The van der Waals surface area contributed by atoms with Gasteiger partial charge in [-0.15, -0.1) is 0 Å². The molecular weight excluding hydrogens is 408 g/mol. The maximum Gasteiger partial charge on any atom is 0.264 e. The van der Waals surface area contributed by atoms with Crippen LogP contribution in [-0.2, 0) is 4.79 Å². The molecule has 1 saturated heterocycles. The number of nitrogens with one attached hydrogen (secondary N) is 2. The van der Waals surface area contributed by atoms with Gasteiger partial charge in [-0.2, -0.15) is 0 Å². The Labute approximate surface area is 137 Å². The van der Waals surface area contributed by atoms with E-state index >= 15 is 0 Å². The zero-order valence-electron chi connectivity index (χ0n) is 10.2. The summed E-state index contributed by atoms with van der Waals surface area (Å²) in [6.07, 6.45) is 3.35. The molecule has 4 nitrogen and oxygen atoms in total. The molecule has 1 heterocycles. The van der Waals surface area contributed by atoms with Crippen LogP contribution >= 0.6 is 43.6 Å². The molecule has 1 aromatic carbocycles. The molecule has 1 aromatic rings. The van der Waals surface area contributed by atoms with Gasteiger partial charge in [0, 0.05) is 10.0 Å². The van der Waals surface area contributed by atoms with E-state index in [4.69, 9.17) is 10.1 Å². The van der Waals surface area contributed by atoms with Crippen molar-refractivity contribution in [3.8, 4) is 5.75 Å². The van der Waals surface area contributed by atoms with E-state index in [1.165, 1.54) is 0 Å². The number of amides is 1. The number of hydrogen-bond acceptors (Lipinski definition) is 4. The van der Waals surface area contributed by atoms with Crippen LogP contribution in [0.3, 0.4) is 0 Å². The first-order valence-electron chi connectivity index (χ1n) is 5.53. The van der Waals surface area contributed by atoms with Gasteiger partial charge in [-0.1, -0.05) is 28.6 Å². The van der Waals surface area contributed by atoms with Gasteiger partial charge in [0.1, 0.15) is 12.4 Å². The Balaban J connectivity index is 2.44. The Morgan fingerprint density at radius 2 is 2.20 bits per heavy atom. The fraction of sp³-hybridized carbons (Fsp3) is 0.0769. The molecule has 2 rings (SSSR count). The van der Waals surface area contributed by atoms with Crippen LogP contribution in [0.4, 0.5) is 0 Å². The zero-order valence-corrected chi connectivity index (χ0v) is 14.2. The highest BCUT2D eigenvalue weighted by Gasteiger charge is 2.23. The number of amidine groups is 1. The molecule has 7 heteroatoms. The van der Waals surface area contributed by atoms with Crippen molar-refractivity contribution in [2.24, 2.45) is 0 Å². The molecule has 0 atom stereocenters. The van der Waals surface area contributed by atoms with Gasteiger partial charge >= 0.3 is 0 Å². The maximum absolute atomic E-state index is 11.7. The third-order valence-electron chi connectivity index (χ3n) is 2.33. The molecule has 0 radical (unpaired) electrons. The summed E-state index contributed by atoms with van der Waals surface area (Å²) in [6.45, 7) is 3.98. The topological polar surface area (TPSA) is 62.2 Å². The average Bonchev–Trinajstić information content (AvgIpc) is 2.66. The molecule has 2 N–H and O–H groups in total. The molecule has 1 amide bonds. The van der Waals surface area contributed by atoms with Crippen LogP contribution in [0.5, 0.6) is 5.75 Å². The van der Waals surface area contributed by atoms with Crippen LogP contribution in [0, 0.1) is 5.41 Å². The second-order valence-electron chi connectivity index (χ2n) is 3.80. The van der Waals surface area contributed by atoms with Crippen molar-refractivity contribution in [3.63, 3.8) is 0 Å². The second-order valence-corrected chi connectivity index (χ2v) is 6.62. The Hall–Kier alpha value is -1.05. The van der Waals surface area contributed by atoms with Crippen molar-refractivity contribution < 1.29 is 9.53 Å². The Morgan fingerprint density at radius 1 is 1.45 bits per heavy atom. The van der Waals surface area contributed by atoms with Crippen molar-refractivity contribution in [1.82, 2.24) is 5.32 Å². The molecule has 0 spiro atoms. The van der Waals surface area contributed by atoms with E-state index in [0.717, 1.165) is 26.3 Å². The zero-order chi connectivity index (χ0) is 14.7. The minimum absolute atomic E-state index is 0.129. The van der Waals surface area contributed by atoms with Gasteiger partial charge in [-0.3, -0.25) is 10.2 Å². The third-order valence-corrected chi connectivity index (χ3v) is 4.21. The number of carbonyl (C=O) groups excluding carboxylic acids is 1. The summed E-state index contributed by atoms with van der Waals surface area (Å²) in [4.78, 5) is 12.1. The van der Waals surface area contributed by atoms with Gasteiger partial charge in [-0.05, 0) is 45.9 Å². The van der Waals surface area contributed by atoms with Gasteiger partial charge in [0.15, 0.2) is 5.17 Å². The SMILES string of the molecule is C=CCOc1c(Br)cc(Br)cc1C=C1SC(=N)NC1=O. The lowest BCUT2D eigenvalue weighted by molar-refractivity contribution is -0.115. The van der Waals surface area contributed by atoms with Gasteiger partial charge in [-0.25, -0.2) is 0 Å². The molecule has 1 fully saturated rings. The lowest BCUT2D eigenvalue weighted by Gasteiger charge is -2.11. The normalized spacial score (nSPS) is 16.4. The van der Waals surface area contributed by atoms with E-state index in [2.05, 4.69) is 43.8 Å². The molecule has 1 aliphatic heterocycles. The van der Waals surface area contributed by atoms with Crippen molar-refractivity contribution in [2.75, 3.05) is 6.61 Å². The number of halogens is 2. The molecule has 0 aliphatic carbocycles. The molecular formula is C13H10Br2N2O2S. The Morgan fingerprint density at radius 3 is 2.80 bits per heavy atom. The van der Waals surface area contributed by atoms with E-state index < -0.39 is 0 Å². The summed E-state index contributed by atoms with van der Waals surface area (Å²) in [6, 6.07) is 3.72. The van der Waals surface area contributed by atoms with Crippen LogP contribution in [0.15, 0.2) is 38.6 Å². The summed E-state index contributed by atoms with van der Waals surface area (Å²) in [5, 5.41) is 10.0. The molecule has 20 heavy (non-hydrogen) atoms. The van der Waals surface area contributed by atoms with Crippen LogP contribution in [0.25, 0.3) is 6.08 Å². The third kappa shape index (κ3) is 3.53. The Kier molecular flexibility index (Phi) is 5.06. The van der Waals surface area contributed by atoms with Gasteiger partial charge in [0.2, 0.25) is 0 Å².